The Morgan fingerprint density at radius 1 is 1.25 bits per heavy atom. The number of carbonyl (C=O) groups excluding carboxylic acids is 1. The fourth-order valence-electron chi connectivity index (χ4n) is 3.27. The van der Waals surface area contributed by atoms with Crippen molar-refractivity contribution in [2.24, 2.45) is 5.73 Å². The van der Waals surface area contributed by atoms with E-state index in [0.29, 0.717) is 17.7 Å². The van der Waals surface area contributed by atoms with Gasteiger partial charge < -0.3 is 21.1 Å². The highest BCUT2D eigenvalue weighted by Gasteiger charge is 2.21. The van der Waals surface area contributed by atoms with E-state index in [9.17, 15) is 9.90 Å². The van der Waals surface area contributed by atoms with Gasteiger partial charge in [-0.1, -0.05) is 43.7 Å². The van der Waals surface area contributed by atoms with Crippen molar-refractivity contribution < 1.29 is 9.90 Å². The lowest BCUT2D eigenvalue weighted by atomic mass is 10.00. The molecule has 1 amide bonds. The van der Waals surface area contributed by atoms with Crippen LogP contribution in [0.3, 0.4) is 0 Å². The lowest BCUT2D eigenvalue weighted by Crippen LogP contribution is -2.45. The number of nitrogens with one attached hydrogen (secondary N) is 2. The summed E-state index contributed by atoms with van der Waals surface area (Å²) < 4.78 is 0. The SMILES string of the molecule is CCCC(O)[C@@H](N)CNC(=O)c1[nH]c2ccccc2c1-c1ccc(C#N)cc1. The molecule has 0 saturated heterocycles. The molecule has 3 aromatic rings. The van der Waals surface area contributed by atoms with Crippen LogP contribution >= 0.6 is 0 Å². The minimum absolute atomic E-state index is 0.183. The minimum Gasteiger partial charge on any atom is -0.391 e. The first-order valence-electron chi connectivity index (χ1n) is 9.38. The zero-order chi connectivity index (χ0) is 20.1. The number of nitrogens with zero attached hydrogens (tertiary/aromatic N) is 1. The standard InChI is InChI=1S/C22H24N4O2/c1-2-5-19(27)17(24)13-25-22(28)21-20(15-10-8-14(12-23)9-11-15)16-6-3-4-7-18(16)26-21/h3-4,6-11,17,19,26-27H,2,5,13,24H2,1H3,(H,25,28)/t17-,19?/m0/s1. The van der Waals surface area contributed by atoms with Crippen LogP contribution in [0.5, 0.6) is 0 Å². The van der Waals surface area contributed by atoms with Crippen LogP contribution in [0, 0.1) is 11.3 Å². The normalized spacial score (nSPS) is 13.1. The zero-order valence-corrected chi connectivity index (χ0v) is 15.8. The number of hydrogen-bond donors (Lipinski definition) is 4. The number of carbonyl (C=O) groups is 1. The predicted octanol–water partition coefficient (Wildman–Crippen LogP) is 2.92. The molecule has 0 aliphatic heterocycles. The molecule has 0 aliphatic rings. The van der Waals surface area contributed by atoms with E-state index >= 15 is 0 Å². The van der Waals surface area contributed by atoms with Gasteiger partial charge in [0, 0.05) is 29.1 Å². The Labute approximate surface area is 164 Å². The summed E-state index contributed by atoms with van der Waals surface area (Å²) in [5, 5.41) is 22.8. The van der Waals surface area contributed by atoms with Crippen LogP contribution in [-0.4, -0.2) is 34.7 Å². The molecule has 0 radical (unpaired) electrons. The molecule has 28 heavy (non-hydrogen) atoms. The third-order valence-electron chi connectivity index (χ3n) is 4.81. The number of fused-ring (bicyclic) bond motifs is 1. The van der Waals surface area contributed by atoms with Gasteiger partial charge >= 0.3 is 0 Å². The van der Waals surface area contributed by atoms with Crippen LogP contribution in [0.25, 0.3) is 22.0 Å². The van der Waals surface area contributed by atoms with Crippen molar-refractivity contribution in [3.05, 3.63) is 59.8 Å². The van der Waals surface area contributed by atoms with E-state index < -0.39 is 12.1 Å². The number of hydrogen-bond acceptors (Lipinski definition) is 4. The van der Waals surface area contributed by atoms with E-state index in [4.69, 9.17) is 11.0 Å². The van der Waals surface area contributed by atoms with Gasteiger partial charge in [-0.3, -0.25) is 4.79 Å². The Morgan fingerprint density at radius 3 is 2.64 bits per heavy atom. The first-order valence-corrected chi connectivity index (χ1v) is 9.38. The Bertz CT molecular complexity index is 1000. The number of nitrogens with two attached hydrogens (primary N) is 1. The average Bonchev–Trinajstić information content (AvgIpc) is 3.11. The van der Waals surface area contributed by atoms with Crippen molar-refractivity contribution >= 4 is 16.8 Å². The number of benzene rings is 2. The molecule has 6 heteroatoms. The van der Waals surface area contributed by atoms with Gasteiger partial charge in [0.05, 0.1) is 17.7 Å². The second-order valence-electron chi connectivity index (χ2n) is 6.84. The molecule has 1 heterocycles. The number of para-hydroxylation sites is 1. The number of H-pyrrole nitrogens is 1. The molecule has 144 valence electrons. The third kappa shape index (κ3) is 4.06. The molecule has 1 unspecified atom stereocenters. The molecular weight excluding hydrogens is 352 g/mol. The summed E-state index contributed by atoms with van der Waals surface area (Å²) in [7, 11) is 0. The Morgan fingerprint density at radius 2 is 1.96 bits per heavy atom. The van der Waals surface area contributed by atoms with Crippen molar-refractivity contribution in [3.8, 4) is 17.2 Å². The highest BCUT2D eigenvalue weighted by Crippen LogP contribution is 2.32. The molecule has 0 spiro atoms. The highest BCUT2D eigenvalue weighted by atomic mass is 16.3. The third-order valence-corrected chi connectivity index (χ3v) is 4.81. The van der Waals surface area contributed by atoms with Crippen molar-refractivity contribution in [2.75, 3.05) is 6.54 Å². The number of aliphatic hydroxyl groups is 1. The van der Waals surface area contributed by atoms with Gasteiger partial charge in [-0.05, 0) is 30.2 Å². The molecule has 5 N–H and O–H groups in total. The van der Waals surface area contributed by atoms with Crippen LogP contribution in [0.4, 0.5) is 0 Å². The van der Waals surface area contributed by atoms with E-state index in [1.165, 1.54) is 0 Å². The van der Waals surface area contributed by atoms with Gasteiger partial charge in [0.2, 0.25) is 0 Å². The van der Waals surface area contributed by atoms with Gasteiger partial charge in [-0.15, -0.1) is 0 Å². The van der Waals surface area contributed by atoms with E-state index in [-0.39, 0.29) is 12.5 Å². The minimum atomic E-state index is -0.647. The second-order valence-corrected chi connectivity index (χ2v) is 6.84. The van der Waals surface area contributed by atoms with Crippen molar-refractivity contribution in [2.45, 2.75) is 31.9 Å². The van der Waals surface area contributed by atoms with Crippen LogP contribution in [-0.2, 0) is 0 Å². The molecule has 2 aromatic carbocycles. The second kappa shape index (κ2) is 8.70. The summed E-state index contributed by atoms with van der Waals surface area (Å²) >= 11 is 0. The Balaban J connectivity index is 1.92. The lowest BCUT2D eigenvalue weighted by Gasteiger charge is -2.18. The summed E-state index contributed by atoms with van der Waals surface area (Å²) in [6.07, 6.45) is 0.777. The maximum absolute atomic E-state index is 12.9. The largest absolute Gasteiger partial charge is 0.391 e. The monoisotopic (exact) mass is 376 g/mol. The van der Waals surface area contributed by atoms with Gasteiger partial charge in [0.15, 0.2) is 0 Å². The van der Waals surface area contributed by atoms with Gasteiger partial charge in [0.1, 0.15) is 5.69 Å². The van der Waals surface area contributed by atoms with Crippen LogP contribution < -0.4 is 11.1 Å². The molecule has 0 saturated carbocycles. The molecule has 2 atom stereocenters. The quantitative estimate of drug-likeness (QED) is 0.507. The predicted molar refractivity (Wildman–Crippen MR) is 110 cm³/mol. The topological polar surface area (TPSA) is 115 Å². The van der Waals surface area contributed by atoms with Crippen molar-refractivity contribution in [1.29, 1.82) is 5.26 Å². The van der Waals surface area contributed by atoms with Gasteiger partial charge in [0.25, 0.3) is 5.91 Å². The molecule has 0 fully saturated rings. The summed E-state index contributed by atoms with van der Waals surface area (Å²) in [5.41, 5.74) is 9.45. The van der Waals surface area contributed by atoms with E-state index in [2.05, 4.69) is 16.4 Å². The maximum atomic E-state index is 12.9. The van der Waals surface area contributed by atoms with E-state index in [1.54, 1.807) is 12.1 Å². The maximum Gasteiger partial charge on any atom is 0.268 e. The smallest absolute Gasteiger partial charge is 0.268 e. The summed E-state index contributed by atoms with van der Waals surface area (Å²) in [6.45, 7) is 2.16. The first-order chi connectivity index (χ1) is 13.5. The fraction of sp³-hybridized carbons (Fsp3) is 0.273. The Hall–Kier alpha value is -3.14. The lowest BCUT2D eigenvalue weighted by molar-refractivity contribution is 0.0923. The number of rotatable bonds is 7. The summed E-state index contributed by atoms with van der Waals surface area (Å²) in [5.74, 6) is -0.283. The van der Waals surface area contributed by atoms with Crippen molar-refractivity contribution in [1.82, 2.24) is 10.3 Å². The van der Waals surface area contributed by atoms with Gasteiger partial charge in [-0.25, -0.2) is 0 Å². The molecule has 0 bridgehead atoms. The number of aliphatic hydroxyl groups excluding tert-OH is 1. The highest BCUT2D eigenvalue weighted by molar-refractivity contribution is 6.09. The molecular formula is C22H24N4O2. The zero-order valence-electron chi connectivity index (χ0n) is 15.8. The average molecular weight is 376 g/mol. The van der Waals surface area contributed by atoms with Gasteiger partial charge in [-0.2, -0.15) is 5.26 Å². The molecule has 0 aliphatic carbocycles. The van der Waals surface area contributed by atoms with Crippen LogP contribution in [0.1, 0.15) is 35.8 Å². The first kappa shape index (κ1) is 19.6. The summed E-state index contributed by atoms with van der Waals surface area (Å²) in [6, 6.07) is 16.4. The van der Waals surface area contributed by atoms with E-state index in [1.807, 2.05) is 43.3 Å². The number of nitriles is 1. The molecule has 6 nitrogen and oxygen atoms in total. The number of aromatic nitrogens is 1. The van der Waals surface area contributed by atoms with Crippen LogP contribution in [0.2, 0.25) is 0 Å². The number of amides is 1. The van der Waals surface area contributed by atoms with E-state index in [0.717, 1.165) is 28.5 Å². The molecule has 3 rings (SSSR count). The fourth-order valence-corrected chi connectivity index (χ4v) is 3.27. The van der Waals surface area contributed by atoms with Crippen LogP contribution in [0.15, 0.2) is 48.5 Å². The summed E-state index contributed by atoms with van der Waals surface area (Å²) in [4.78, 5) is 16.1. The number of aromatic amines is 1. The Kier molecular flexibility index (Phi) is 6.09. The molecule has 1 aromatic heterocycles. The van der Waals surface area contributed by atoms with Crippen molar-refractivity contribution in [3.63, 3.8) is 0 Å².